The fraction of sp³-hybridized carbons (Fsp3) is 1.00. The lowest BCUT2D eigenvalue weighted by molar-refractivity contribution is -0.00487. The zero-order chi connectivity index (χ0) is 11.5. The van der Waals surface area contributed by atoms with Gasteiger partial charge in [0.1, 0.15) is 0 Å². The van der Waals surface area contributed by atoms with Crippen LogP contribution < -0.4 is 5.32 Å². The third-order valence-corrected chi connectivity index (χ3v) is 2.58. The van der Waals surface area contributed by atoms with Gasteiger partial charge in [-0.2, -0.15) is 0 Å². The second kappa shape index (κ2) is 10.4. The summed E-state index contributed by atoms with van der Waals surface area (Å²) in [4.78, 5) is 0. The van der Waals surface area contributed by atoms with Gasteiger partial charge in [0.05, 0.1) is 19.3 Å². The Kier molecular flexibility index (Phi) is 10.3. The molecule has 1 fully saturated rings. The third kappa shape index (κ3) is 6.88. The van der Waals surface area contributed by atoms with Gasteiger partial charge in [0.15, 0.2) is 0 Å². The maximum Gasteiger partial charge on any atom is 0.0704 e. The predicted octanol–water partition coefficient (Wildman–Crippen LogP) is 2.21. The van der Waals surface area contributed by atoms with Gasteiger partial charge in [-0.05, 0) is 25.8 Å². The molecule has 1 N–H and O–H groups in total. The van der Waals surface area contributed by atoms with Crippen molar-refractivity contribution in [3.8, 4) is 0 Å². The molecule has 0 bridgehead atoms. The molecule has 2 unspecified atom stereocenters. The second-order valence-electron chi connectivity index (χ2n) is 3.57. The SMILES string of the molecule is CC.CCC1CC(OCCOC)CCN1. The molecule has 0 aromatic carbocycles. The van der Waals surface area contributed by atoms with Gasteiger partial charge >= 0.3 is 0 Å². The molecule has 1 aliphatic rings. The number of rotatable bonds is 5. The Bertz CT molecular complexity index is 131. The van der Waals surface area contributed by atoms with Crippen molar-refractivity contribution in [3.63, 3.8) is 0 Å². The van der Waals surface area contributed by atoms with Crippen LogP contribution in [0, 0.1) is 0 Å². The summed E-state index contributed by atoms with van der Waals surface area (Å²) in [6.45, 7) is 8.75. The summed E-state index contributed by atoms with van der Waals surface area (Å²) in [5, 5.41) is 3.48. The number of piperidine rings is 1. The van der Waals surface area contributed by atoms with Crippen molar-refractivity contribution < 1.29 is 9.47 Å². The lowest BCUT2D eigenvalue weighted by Gasteiger charge is -2.29. The smallest absolute Gasteiger partial charge is 0.0704 e. The Labute approximate surface area is 94.5 Å². The minimum absolute atomic E-state index is 0.446. The molecule has 1 aliphatic heterocycles. The number of ether oxygens (including phenoxy) is 2. The van der Waals surface area contributed by atoms with E-state index in [1.54, 1.807) is 7.11 Å². The van der Waals surface area contributed by atoms with Crippen LogP contribution in [0.15, 0.2) is 0 Å². The van der Waals surface area contributed by atoms with E-state index < -0.39 is 0 Å². The van der Waals surface area contributed by atoms with Crippen molar-refractivity contribution in [2.75, 3.05) is 26.9 Å². The normalized spacial score (nSPS) is 25.6. The van der Waals surface area contributed by atoms with Gasteiger partial charge in [-0.25, -0.2) is 0 Å². The summed E-state index contributed by atoms with van der Waals surface area (Å²) >= 11 is 0. The van der Waals surface area contributed by atoms with Crippen LogP contribution in [0.2, 0.25) is 0 Å². The molecule has 3 heteroatoms. The van der Waals surface area contributed by atoms with E-state index in [4.69, 9.17) is 9.47 Å². The van der Waals surface area contributed by atoms with Gasteiger partial charge in [-0.3, -0.25) is 0 Å². The maximum atomic E-state index is 5.69. The molecule has 1 heterocycles. The van der Waals surface area contributed by atoms with E-state index in [-0.39, 0.29) is 0 Å². The third-order valence-electron chi connectivity index (χ3n) is 2.58. The standard InChI is InChI=1S/C10H21NO2.C2H6/c1-3-9-8-10(4-5-11-9)13-7-6-12-2;1-2/h9-11H,3-8H2,1-2H3;1-2H3. The monoisotopic (exact) mass is 217 g/mol. The molecule has 92 valence electrons. The average Bonchev–Trinajstić information content (AvgIpc) is 2.32. The number of hydrogen-bond donors (Lipinski definition) is 1. The summed E-state index contributed by atoms with van der Waals surface area (Å²) in [7, 11) is 1.71. The Morgan fingerprint density at radius 1 is 1.27 bits per heavy atom. The molecular weight excluding hydrogens is 190 g/mol. The second-order valence-corrected chi connectivity index (χ2v) is 3.57. The largest absolute Gasteiger partial charge is 0.382 e. The predicted molar refractivity (Wildman–Crippen MR) is 64.3 cm³/mol. The van der Waals surface area contributed by atoms with Crippen molar-refractivity contribution in [2.24, 2.45) is 0 Å². The highest BCUT2D eigenvalue weighted by Crippen LogP contribution is 2.14. The van der Waals surface area contributed by atoms with Gasteiger partial charge in [0.25, 0.3) is 0 Å². The molecule has 2 atom stereocenters. The Hall–Kier alpha value is -0.120. The number of nitrogens with one attached hydrogen (secondary N) is 1. The molecule has 0 aromatic heterocycles. The van der Waals surface area contributed by atoms with Crippen molar-refractivity contribution in [2.45, 2.75) is 52.2 Å². The van der Waals surface area contributed by atoms with Crippen LogP contribution in [-0.2, 0) is 9.47 Å². The molecule has 0 amide bonds. The van der Waals surface area contributed by atoms with Gasteiger partial charge in [-0.1, -0.05) is 20.8 Å². The molecule has 1 rings (SSSR count). The first-order valence-corrected chi connectivity index (χ1v) is 6.20. The molecule has 0 radical (unpaired) electrons. The molecule has 0 saturated carbocycles. The Morgan fingerprint density at radius 3 is 2.60 bits per heavy atom. The van der Waals surface area contributed by atoms with E-state index in [1.807, 2.05) is 13.8 Å². The Balaban J connectivity index is 0.000000921. The van der Waals surface area contributed by atoms with Crippen LogP contribution in [0.1, 0.15) is 40.0 Å². The topological polar surface area (TPSA) is 30.5 Å². The zero-order valence-electron chi connectivity index (χ0n) is 10.7. The Morgan fingerprint density at radius 2 is 2.00 bits per heavy atom. The molecule has 0 aliphatic carbocycles. The van der Waals surface area contributed by atoms with E-state index >= 15 is 0 Å². The highest BCUT2D eigenvalue weighted by atomic mass is 16.5. The van der Waals surface area contributed by atoms with Gasteiger partial charge in [-0.15, -0.1) is 0 Å². The van der Waals surface area contributed by atoms with Crippen molar-refractivity contribution in [3.05, 3.63) is 0 Å². The van der Waals surface area contributed by atoms with Crippen LogP contribution >= 0.6 is 0 Å². The molecule has 0 spiro atoms. The molecule has 1 saturated heterocycles. The molecule has 0 aromatic rings. The number of methoxy groups -OCH3 is 1. The number of hydrogen-bond acceptors (Lipinski definition) is 3. The van der Waals surface area contributed by atoms with Crippen molar-refractivity contribution in [1.29, 1.82) is 0 Å². The van der Waals surface area contributed by atoms with Crippen molar-refractivity contribution >= 4 is 0 Å². The molecule has 3 nitrogen and oxygen atoms in total. The summed E-state index contributed by atoms with van der Waals surface area (Å²) in [6.07, 6.45) is 3.94. The highest BCUT2D eigenvalue weighted by molar-refractivity contribution is 4.77. The maximum absolute atomic E-state index is 5.69. The first kappa shape index (κ1) is 14.9. The molecular formula is C12H27NO2. The van der Waals surface area contributed by atoms with Crippen LogP contribution in [0.5, 0.6) is 0 Å². The molecule has 15 heavy (non-hydrogen) atoms. The van der Waals surface area contributed by atoms with E-state index in [0.29, 0.717) is 18.8 Å². The van der Waals surface area contributed by atoms with Gasteiger partial charge < -0.3 is 14.8 Å². The highest BCUT2D eigenvalue weighted by Gasteiger charge is 2.20. The van der Waals surface area contributed by atoms with E-state index in [9.17, 15) is 0 Å². The minimum Gasteiger partial charge on any atom is -0.382 e. The quantitative estimate of drug-likeness (QED) is 0.716. The van der Waals surface area contributed by atoms with Gasteiger partial charge in [0, 0.05) is 13.2 Å². The van der Waals surface area contributed by atoms with Crippen LogP contribution in [0.3, 0.4) is 0 Å². The lowest BCUT2D eigenvalue weighted by Crippen LogP contribution is -2.41. The van der Waals surface area contributed by atoms with Crippen LogP contribution in [0.4, 0.5) is 0 Å². The summed E-state index contributed by atoms with van der Waals surface area (Å²) in [5.41, 5.74) is 0. The van der Waals surface area contributed by atoms with Crippen molar-refractivity contribution in [1.82, 2.24) is 5.32 Å². The average molecular weight is 217 g/mol. The summed E-state index contributed by atoms with van der Waals surface area (Å²) in [5.74, 6) is 0. The fourth-order valence-corrected chi connectivity index (χ4v) is 1.73. The van der Waals surface area contributed by atoms with E-state index in [1.165, 1.54) is 6.42 Å². The summed E-state index contributed by atoms with van der Waals surface area (Å²) in [6, 6.07) is 0.654. The first-order valence-electron chi connectivity index (χ1n) is 6.20. The summed E-state index contributed by atoms with van der Waals surface area (Å²) < 4.78 is 10.6. The zero-order valence-corrected chi connectivity index (χ0v) is 10.7. The lowest BCUT2D eigenvalue weighted by atomic mass is 10.00. The van der Waals surface area contributed by atoms with Crippen LogP contribution in [-0.4, -0.2) is 39.0 Å². The fourth-order valence-electron chi connectivity index (χ4n) is 1.73. The van der Waals surface area contributed by atoms with Crippen LogP contribution in [0.25, 0.3) is 0 Å². The first-order chi connectivity index (χ1) is 7.36. The van der Waals surface area contributed by atoms with E-state index in [0.717, 1.165) is 26.0 Å². The van der Waals surface area contributed by atoms with Gasteiger partial charge in [0.2, 0.25) is 0 Å². The van der Waals surface area contributed by atoms with E-state index in [2.05, 4.69) is 12.2 Å². The minimum atomic E-state index is 0.446.